The van der Waals surface area contributed by atoms with Crippen molar-refractivity contribution in [3.63, 3.8) is 0 Å². The molecule has 0 aliphatic heterocycles. The molecule has 1 amide bonds. The Morgan fingerprint density at radius 1 is 1.12 bits per heavy atom. The number of amides is 1. The summed E-state index contributed by atoms with van der Waals surface area (Å²) in [4.78, 5) is 24.3. The number of carbonyl (C=O) groups excluding carboxylic acids is 1. The molecule has 0 radical (unpaired) electrons. The van der Waals surface area contributed by atoms with Gasteiger partial charge in [0.05, 0.1) is 17.0 Å². The summed E-state index contributed by atoms with van der Waals surface area (Å²) in [6.07, 6.45) is -0.0561. The van der Waals surface area contributed by atoms with E-state index in [9.17, 15) is 14.7 Å². The van der Waals surface area contributed by atoms with Gasteiger partial charge in [-0.3, -0.25) is 9.59 Å². The van der Waals surface area contributed by atoms with Crippen molar-refractivity contribution in [2.45, 2.75) is 13.3 Å². The van der Waals surface area contributed by atoms with Crippen LogP contribution in [0.1, 0.15) is 10.4 Å². The number of benzene rings is 2. The van der Waals surface area contributed by atoms with Gasteiger partial charge in [0.25, 0.3) is 0 Å². The van der Waals surface area contributed by atoms with Gasteiger partial charge < -0.3 is 10.4 Å². The van der Waals surface area contributed by atoms with E-state index in [-0.39, 0.29) is 23.1 Å². The van der Waals surface area contributed by atoms with E-state index in [2.05, 4.69) is 5.32 Å². The molecule has 5 nitrogen and oxygen atoms in total. The molecule has 0 saturated carbocycles. The minimum Gasteiger partial charge on any atom is -0.493 e. The molecule has 0 fully saturated rings. The van der Waals surface area contributed by atoms with Gasteiger partial charge in [-0.2, -0.15) is 0 Å². The molecule has 1 heterocycles. The SMILES string of the molecule is Cc1ccc(NC(=O)Cc2sc(=O)n(-c3ccccc3)c2O)cc1. The van der Waals surface area contributed by atoms with Gasteiger partial charge in [0.1, 0.15) is 0 Å². The van der Waals surface area contributed by atoms with Crippen LogP contribution in [0.2, 0.25) is 0 Å². The fraction of sp³-hybridized carbons (Fsp3) is 0.111. The highest BCUT2D eigenvalue weighted by Crippen LogP contribution is 2.24. The number of aryl methyl sites for hydroxylation is 1. The molecule has 0 atom stereocenters. The Kier molecular flexibility index (Phi) is 4.48. The van der Waals surface area contributed by atoms with Gasteiger partial charge in [-0.15, -0.1) is 0 Å². The van der Waals surface area contributed by atoms with E-state index in [1.165, 1.54) is 4.57 Å². The van der Waals surface area contributed by atoms with E-state index in [1.54, 1.807) is 24.3 Å². The normalized spacial score (nSPS) is 10.5. The third kappa shape index (κ3) is 3.38. The first kappa shape index (κ1) is 16.0. The van der Waals surface area contributed by atoms with E-state index < -0.39 is 0 Å². The molecule has 3 rings (SSSR count). The van der Waals surface area contributed by atoms with Crippen LogP contribution >= 0.6 is 11.3 Å². The summed E-state index contributed by atoms with van der Waals surface area (Å²) in [5.41, 5.74) is 2.35. The highest BCUT2D eigenvalue weighted by molar-refractivity contribution is 7.09. The van der Waals surface area contributed by atoms with E-state index in [0.29, 0.717) is 16.3 Å². The van der Waals surface area contributed by atoms with E-state index in [4.69, 9.17) is 0 Å². The van der Waals surface area contributed by atoms with Gasteiger partial charge in [0.2, 0.25) is 11.8 Å². The minimum atomic E-state index is -0.322. The van der Waals surface area contributed by atoms with Gasteiger partial charge in [-0.05, 0) is 31.2 Å². The first-order valence-electron chi connectivity index (χ1n) is 7.40. The van der Waals surface area contributed by atoms with Crippen molar-refractivity contribution in [2.24, 2.45) is 0 Å². The lowest BCUT2D eigenvalue weighted by molar-refractivity contribution is -0.115. The Labute approximate surface area is 142 Å². The van der Waals surface area contributed by atoms with Crippen molar-refractivity contribution in [2.75, 3.05) is 5.32 Å². The number of rotatable bonds is 4. The number of nitrogens with zero attached hydrogens (tertiary/aromatic N) is 1. The van der Waals surface area contributed by atoms with E-state index in [0.717, 1.165) is 16.9 Å². The summed E-state index contributed by atoms with van der Waals surface area (Å²) < 4.78 is 1.21. The van der Waals surface area contributed by atoms with Crippen LogP contribution in [0.4, 0.5) is 5.69 Å². The molecule has 122 valence electrons. The van der Waals surface area contributed by atoms with Crippen LogP contribution in [-0.4, -0.2) is 15.6 Å². The zero-order valence-corrected chi connectivity index (χ0v) is 13.8. The van der Waals surface area contributed by atoms with Crippen molar-refractivity contribution in [3.8, 4) is 11.6 Å². The standard InChI is InChI=1S/C18H16N2O3S/c1-12-7-9-13(10-8-12)19-16(21)11-15-17(22)20(18(23)24-15)14-5-3-2-4-6-14/h2-10,22H,11H2,1H3,(H,19,21). The second kappa shape index (κ2) is 6.72. The zero-order valence-electron chi connectivity index (χ0n) is 13.0. The van der Waals surface area contributed by atoms with Gasteiger partial charge in [0, 0.05) is 5.69 Å². The molecule has 2 N–H and O–H groups in total. The first-order valence-corrected chi connectivity index (χ1v) is 8.22. The summed E-state index contributed by atoms with van der Waals surface area (Å²) in [6, 6.07) is 16.3. The Bertz CT molecular complexity index is 912. The highest BCUT2D eigenvalue weighted by Gasteiger charge is 2.18. The van der Waals surface area contributed by atoms with Gasteiger partial charge in [-0.25, -0.2) is 4.57 Å². The van der Waals surface area contributed by atoms with Gasteiger partial charge in [-0.1, -0.05) is 47.2 Å². The molecule has 0 aliphatic carbocycles. The number of anilines is 1. The third-order valence-electron chi connectivity index (χ3n) is 3.53. The lowest BCUT2D eigenvalue weighted by atomic mass is 10.2. The maximum atomic E-state index is 12.1. The second-order valence-electron chi connectivity index (χ2n) is 5.38. The first-order chi connectivity index (χ1) is 11.5. The van der Waals surface area contributed by atoms with Crippen molar-refractivity contribution < 1.29 is 9.90 Å². The highest BCUT2D eigenvalue weighted by atomic mass is 32.1. The predicted molar refractivity (Wildman–Crippen MR) is 95.1 cm³/mol. The molecule has 1 aromatic heterocycles. The number of para-hydroxylation sites is 1. The Hall–Kier alpha value is -2.86. The Balaban J connectivity index is 1.80. The lowest BCUT2D eigenvalue weighted by Gasteiger charge is -2.06. The molecule has 0 saturated heterocycles. The molecule has 0 bridgehead atoms. The van der Waals surface area contributed by atoms with Crippen molar-refractivity contribution in [1.29, 1.82) is 0 Å². The number of aromatic hydroxyl groups is 1. The molecule has 6 heteroatoms. The van der Waals surface area contributed by atoms with Crippen LogP contribution in [0.5, 0.6) is 5.88 Å². The number of aromatic nitrogens is 1. The summed E-state index contributed by atoms with van der Waals surface area (Å²) in [6.45, 7) is 1.97. The zero-order chi connectivity index (χ0) is 17.1. The molecular weight excluding hydrogens is 324 g/mol. The molecule has 2 aromatic carbocycles. The molecule has 0 aliphatic rings. The van der Waals surface area contributed by atoms with Crippen LogP contribution in [0, 0.1) is 6.92 Å². The summed E-state index contributed by atoms with van der Waals surface area (Å²) in [5, 5.41) is 13.1. The summed E-state index contributed by atoms with van der Waals surface area (Å²) >= 11 is 0.874. The monoisotopic (exact) mass is 340 g/mol. The van der Waals surface area contributed by atoms with Crippen LogP contribution < -0.4 is 10.2 Å². The average molecular weight is 340 g/mol. The number of thiazole rings is 1. The van der Waals surface area contributed by atoms with Crippen LogP contribution in [0.25, 0.3) is 5.69 Å². The largest absolute Gasteiger partial charge is 0.493 e. The predicted octanol–water partition coefficient (Wildman–Crippen LogP) is 3.09. The van der Waals surface area contributed by atoms with Gasteiger partial charge in [0.15, 0.2) is 0 Å². The Morgan fingerprint density at radius 3 is 2.46 bits per heavy atom. The van der Waals surface area contributed by atoms with Crippen LogP contribution in [0.3, 0.4) is 0 Å². The van der Waals surface area contributed by atoms with Crippen molar-refractivity contribution >= 4 is 22.9 Å². The molecule has 3 aromatic rings. The van der Waals surface area contributed by atoms with E-state index >= 15 is 0 Å². The average Bonchev–Trinajstić information content (AvgIpc) is 2.84. The minimum absolute atomic E-state index is 0.0561. The van der Waals surface area contributed by atoms with E-state index in [1.807, 2.05) is 37.3 Å². The molecular formula is C18H16N2O3S. The molecule has 24 heavy (non-hydrogen) atoms. The number of carbonyl (C=O) groups is 1. The van der Waals surface area contributed by atoms with Crippen LogP contribution in [-0.2, 0) is 11.2 Å². The fourth-order valence-electron chi connectivity index (χ4n) is 2.32. The maximum Gasteiger partial charge on any atom is 0.314 e. The molecule has 0 spiro atoms. The topological polar surface area (TPSA) is 71.3 Å². The maximum absolute atomic E-state index is 12.1. The van der Waals surface area contributed by atoms with Crippen LogP contribution in [0.15, 0.2) is 59.4 Å². The number of hydrogen-bond acceptors (Lipinski definition) is 4. The summed E-state index contributed by atoms with van der Waals surface area (Å²) in [5.74, 6) is -0.467. The van der Waals surface area contributed by atoms with Crippen molar-refractivity contribution in [3.05, 3.63) is 74.7 Å². The lowest BCUT2D eigenvalue weighted by Crippen LogP contribution is -2.13. The smallest absolute Gasteiger partial charge is 0.314 e. The second-order valence-corrected chi connectivity index (χ2v) is 6.42. The third-order valence-corrected chi connectivity index (χ3v) is 4.46. The van der Waals surface area contributed by atoms with Gasteiger partial charge >= 0.3 is 4.87 Å². The summed E-state index contributed by atoms with van der Waals surface area (Å²) in [7, 11) is 0. The molecule has 0 unspecified atom stereocenters. The number of hydrogen-bond donors (Lipinski definition) is 2. The quantitative estimate of drug-likeness (QED) is 0.767. The van der Waals surface area contributed by atoms with Crippen molar-refractivity contribution in [1.82, 2.24) is 4.57 Å². The number of nitrogens with one attached hydrogen (secondary N) is 1. The Morgan fingerprint density at radius 2 is 1.79 bits per heavy atom. The fourth-order valence-corrected chi connectivity index (χ4v) is 3.20.